The Morgan fingerprint density at radius 3 is 3.00 bits per heavy atom. The highest BCUT2D eigenvalue weighted by Gasteiger charge is 2.03. The second-order valence-corrected chi connectivity index (χ2v) is 3.02. The van der Waals surface area contributed by atoms with E-state index in [1.807, 2.05) is 6.07 Å². The van der Waals surface area contributed by atoms with E-state index in [-0.39, 0.29) is 0 Å². The first kappa shape index (κ1) is 11.3. The van der Waals surface area contributed by atoms with E-state index in [1.165, 1.54) is 12.1 Å². The Bertz CT molecular complexity index is 414. The molecule has 0 fully saturated rings. The second kappa shape index (κ2) is 5.20. The van der Waals surface area contributed by atoms with Crippen LogP contribution in [0.4, 0.5) is 5.69 Å². The number of nitrogens with one attached hydrogen (secondary N) is 1. The van der Waals surface area contributed by atoms with Gasteiger partial charge in [-0.2, -0.15) is 5.26 Å². The Hall–Kier alpha value is -1.77. The zero-order valence-corrected chi connectivity index (χ0v) is 8.28. The lowest BCUT2D eigenvalue weighted by Crippen LogP contribution is -2.11. The minimum atomic E-state index is -1.11. The summed E-state index contributed by atoms with van der Waals surface area (Å²) in [6, 6.07) is 6.45. The van der Waals surface area contributed by atoms with Crippen LogP contribution in [0.2, 0.25) is 5.02 Å². The average Bonchev–Trinajstić information content (AvgIpc) is 2.17. The van der Waals surface area contributed by atoms with Gasteiger partial charge >= 0.3 is 5.97 Å². The van der Waals surface area contributed by atoms with Gasteiger partial charge in [0.2, 0.25) is 0 Å². The molecule has 15 heavy (non-hydrogen) atoms. The molecule has 6 heteroatoms. The lowest BCUT2D eigenvalue weighted by molar-refractivity contribution is -0.141. The fourth-order valence-corrected chi connectivity index (χ4v) is 1.05. The molecule has 0 aromatic heterocycles. The number of hydrogen-bond acceptors (Lipinski definition) is 4. The molecule has 0 aliphatic carbocycles. The van der Waals surface area contributed by atoms with Crippen LogP contribution in [0.5, 0.6) is 0 Å². The highest BCUT2D eigenvalue weighted by molar-refractivity contribution is 6.30. The topological polar surface area (TPSA) is 82.3 Å². The molecule has 0 spiro atoms. The Kier molecular flexibility index (Phi) is 3.92. The highest BCUT2D eigenvalue weighted by atomic mass is 35.5. The van der Waals surface area contributed by atoms with Crippen molar-refractivity contribution in [2.75, 3.05) is 12.1 Å². The molecule has 1 aromatic rings. The largest absolute Gasteiger partial charge is 0.479 e. The predicted molar refractivity (Wildman–Crippen MR) is 53.4 cm³/mol. The molecule has 1 aromatic carbocycles. The summed E-state index contributed by atoms with van der Waals surface area (Å²) in [5, 5.41) is 17.5. The van der Waals surface area contributed by atoms with Crippen LogP contribution in [0.1, 0.15) is 5.56 Å². The van der Waals surface area contributed by atoms with E-state index in [1.54, 1.807) is 6.07 Å². The van der Waals surface area contributed by atoms with Gasteiger partial charge in [-0.15, -0.1) is 0 Å². The number of rotatable bonds is 4. The first-order chi connectivity index (χ1) is 7.13. The summed E-state index contributed by atoms with van der Waals surface area (Å²) in [7, 11) is 0. The maximum absolute atomic E-state index is 10.2. The first-order valence-electron chi connectivity index (χ1n) is 3.92. The molecular formula is C9H7ClN2O3. The molecular weight excluding hydrogens is 220 g/mol. The third-order valence-electron chi connectivity index (χ3n) is 1.48. The number of hydrogen-bond donors (Lipinski definition) is 2. The van der Waals surface area contributed by atoms with Gasteiger partial charge in [0, 0.05) is 5.02 Å². The molecule has 78 valence electrons. The van der Waals surface area contributed by atoms with Gasteiger partial charge in [-0.05, 0) is 18.2 Å². The van der Waals surface area contributed by atoms with Gasteiger partial charge in [0.05, 0.1) is 11.3 Å². The molecule has 0 aliphatic heterocycles. The van der Waals surface area contributed by atoms with Crippen LogP contribution in [0.25, 0.3) is 0 Å². The number of aliphatic carboxylic acids is 1. The van der Waals surface area contributed by atoms with Crippen LogP contribution in [0, 0.1) is 11.3 Å². The summed E-state index contributed by atoms with van der Waals surface area (Å²) in [5.41, 5.74) is 3.01. The molecule has 0 heterocycles. The van der Waals surface area contributed by atoms with Crippen molar-refractivity contribution < 1.29 is 14.7 Å². The predicted octanol–water partition coefficient (Wildman–Crippen LogP) is 1.64. The molecule has 5 nitrogen and oxygen atoms in total. The highest BCUT2D eigenvalue weighted by Crippen LogP contribution is 2.20. The number of anilines is 1. The number of halogens is 1. The van der Waals surface area contributed by atoms with E-state index >= 15 is 0 Å². The van der Waals surface area contributed by atoms with E-state index < -0.39 is 12.6 Å². The average molecular weight is 227 g/mol. The van der Waals surface area contributed by atoms with Crippen LogP contribution in [0.3, 0.4) is 0 Å². The maximum atomic E-state index is 10.2. The Morgan fingerprint density at radius 2 is 2.40 bits per heavy atom. The van der Waals surface area contributed by atoms with Gasteiger partial charge in [-0.1, -0.05) is 11.6 Å². The molecule has 0 bridgehead atoms. The molecule has 0 unspecified atom stereocenters. The van der Waals surface area contributed by atoms with Gasteiger partial charge < -0.3 is 5.11 Å². The summed E-state index contributed by atoms with van der Waals surface area (Å²) < 4.78 is 0. The van der Waals surface area contributed by atoms with Crippen molar-refractivity contribution >= 4 is 23.3 Å². The molecule has 0 saturated carbocycles. The van der Waals surface area contributed by atoms with Crippen molar-refractivity contribution in [1.82, 2.24) is 0 Å². The zero-order chi connectivity index (χ0) is 11.3. The van der Waals surface area contributed by atoms with Crippen molar-refractivity contribution in [3.8, 4) is 6.07 Å². The monoisotopic (exact) mass is 226 g/mol. The molecule has 0 saturated heterocycles. The molecule has 0 amide bonds. The van der Waals surface area contributed by atoms with Gasteiger partial charge in [0.15, 0.2) is 6.61 Å². The van der Waals surface area contributed by atoms with Crippen molar-refractivity contribution in [3.05, 3.63) is 28.8 Å². The van der Waals surface area contributed by atoms with Crippen LogP contribution in [0.15, 0.2) is 18.2 Å². The summed E-state index contributed by atoms with van der Waals surface area (Å²) in [6.45, 7) is -0.503. The van der Waals surface area contributed by atoms with E-state index in [0.29, 0.717) is 16.3 Å². The third-order valence-corrected chi connectivity index (χ3v) is 1.71. The second-order valence-electron chi connectivity index (χ2n) is 2.59. The molecule has 0 aliphatic rings. The van der Waals surface area contributed by atoms with Crippen LogP contribution in [-0.4, -0.2) is 17.7 Å². The van der Waals surface area contributed by atoms with E-state index in [0.717, 1.165) is 0 Å². The lowest BCUT2D eigenvalue weighted by Gasteiger charge is -2.06. The fourth-order valence-electron chi connectivity index (χ4n) is 0.874. The Morgan fingerprint density at radius 1 is 1.67 bits per heavy atom. The molecule has 1 rings (SSSR count). The number of benzene rings is 1. The van der Waals surface area contributed by atoms with E-state index in [2.05, 4.69) is 10.3 Å². The van der Waals surface area contributed by atoms with Crippen LogP contribution in [-0.2, 0) is 9.63 Å². The van der Waals surface area contributed by atoms with Crippen molar-refractivity contribution in [2.24, 2.45) is 0 Å². The van der Waals surface area contributed by atoms with E-state index in [4.69, 9.17) is 22.0 Å². The van der Waals surface area contributed by atoms with Gasteiger partial charge in [0.25, 0.3) is 0 Å². The number of carboxylic acid groups (broad SMARTS) is 1. The Balaban J connectivity index is 2.71. The summed E-state index contributed by atoms with van der Waals surface area (Å²) in [5.74, 6) is -1.11. The van der Waals surface area contributed by atoms with Crippen LogP contribution < -0.4 is 5.48 Å². The van der Waals surface area contributed by atoms with Gasteiger partial charge in [-0.3, -0.25) is 10.3 Å². The maximum Gasteiger partial charge on any atom is 0.332 e. The number of nitrogens with zero attached hydrogens (tertiary/aromatic N) is 1. The van der Waals surface area contributed by atoms with Gasteiger partial charge in [-0.25, -0.2) is 4.79 Å². The molecule has 2 N–H and O–H groups in total. The summed E-state index contributed by atoms with van der Waals surface area (Å²) in [6.07, 6.45) is 0. The smallest absolute Gasteiger partial charge is 0.332 e. The zero-order valence-electron chi connectivity index (χ0n) is 7.53. The van der Waals surface area contributed by atoms with Crippen molar-refractivity contribution in [2.45, 2.75) is 0 Å². The number of nitriles is 1. The minimum Gasteiger partial charge on any atom is -0.479 e. The SMILES string of the molecule is N#Cc1ccc(Cl)cc1NOCC(=O)O. The van der Waals surface area contributed by atoms with E-state index in [9.17, 15) is 4.79 Å². The van der Waals surface area contributed by atoms with Crippen molar-refractivity contribution in [3.63, 3.8) is 0 Å². The third kappa shape index (κ3) is 3.46. The molecule has 0 radical (unpaired) electrons. The fraction of sp³-hybridized carbons (Fsp3) is 0.111. The Labute approximate surface area is 90.8 Å². The summed E-state index contributed by atoms with van der Waals surface area (Å²) >= 11 is 5.69. The standard InChI is InChI=1S/C9H7ClN2O3/c10-7-2-1-6(4-11)8(3-7)12-15-5-9(13)14/h1-3,12H,5H2,(H,13,14). The summed E-state index contributed by atoms with van der Waals surface area (Å²) in [4.78, 5) is 14.8. The van der Waals surface area contributed by atoms with Gasteiger partial charge in [0.1, 0.15) is 6.07 Å². The first-order valence-corrected chi connectivity index (χ1v) is 4.30. The van der Waals surface area contributed by atoms with Crippen molar-refractivity contribution in [1.29, 1.82) is 5.26 Å². The number of carboxylic acids is 1. The van der Waals surface area contributed by atoms with Crippen LogP contribution >= 0.6 is 11.6 Å². The normalized spacial score (nSPS) is 9.33. The molecule has 0 atom stereocenters. The minimum absolute atomic E-state index is 0.324. The number of carbonyl (C=O) groups is 1. The lowest BCUT2D eigenvalue weighted by atomic mass is 10.2. The quantitative estimate of drug-likeness (QED) is 0.763.